The summed E-state index contributed by atoms with van der Waals surface area (Å²) in [6.07, 6.45) is 6.88. The molecule has 7 nitrogen and oxygen atoms in total. The van der Waals surface area contributed by atoms with Crippen LogP contribution in [0.25, 0.3) is 5.70 Å². The van der Waals surface area contributed by atoms with Crippen LogP contribution in [0.15, 0.2) is 64.0 Å². The first kappa shape index (κ1) is 20.1. The molecule has 2 heterocycles. The molecule has 0 atom stereocenters. The predicted octanol–water partition coefficient (Wildman–Crippen LogP) is 3.90. The quantitative estimate of drug-likeness (QED) is 0.459. The second-order valence-electron chi connectivity index (χ2n) is 5.65. The van der Waals surface area contributed by atoms with Gasteiger partial charge in [-0.05, 0) is 37.1 Å². The highest BCUT2D eigenvalue weighted by Gasteiger charge is 2.09. The molecule has 0 fully saturated rings. The Morgan fingerprint density at radius 2 is 1.96 bits per heavy atom. The van der Waals surface area contributed by atoms with Crippen LogP contribution in [0.5, 0.6) is 0 Å². The van der Waals surface area contributed by atoms with E-state index in [4.69, 9.17) is 0 Å². The fraction of sp³-hybridized carbons (Fsp3) is 0.300. The Morgan fingerprint density at radius 3 is 2.56 bits per heavy atom. The van der Waals surface area contributed by atoms with E-state index in [1.165, 1.54) is 6.20 Å². The van der Waals surface area contributed by atoms with Gasteiger partial charge in [0, 0.05) is 26.0 Å². The number of amides is 1. The number of azo groups is 1. The fourth-order valence-electron chi connectivity index (χ4n) is 2.22. The van der Waals surface area contributed by atoms with Crippen molar-refractivity contribution in [3.8, 4) is 0 Å². The number of nitrogens with zero attached hydrogens (tertiary/aromatic N) is 5. The minimum absolute atomic E-state index is 0.143. The van der Waals surface area contributed by atoms with Crippen LogP contribution in [0.3, 0.4) is 0 Å². The third-order valence-corrected chi connectivity index (χ3v) is 3.58. The van der Waals surface area contributed by atoms with Crippen LogP contribution in [-0.4, -0.2) is 35.3 Å². The number of pyridine rings is 2. The molecule has 1 amide bonds. The van der Waals surface area contributed by atoms with Crippen molar-refractivity contribution in [2.45, 2.75) is 26.7 Å². The first-order valence-corrected chi connectivity index (χ1v) is 8.94. The van der Waals surface area contributed by atoms with Crippen LogP contribution < -0.4 is 5.32 Å². The van der Waals surface area contributed by atoms with Crippen LogP contribution in [0.4, 0.5) is 0 Å². The zero-order chi connectivity index (χ0) is 19.5. The molecule has 2 aromatic rings. The molecule has 0 spiro atoms. The summed E-state index contributed by atoms with van der Waals surface area (Å²) in [6, 6.07) is 9.05. The minimum atomic E-state index is -0.143. The maximum absolute atomic E-state index is 12.0. The average molecular weight is 364 g/mol. The second-order valence-corrected chi connectivity index (χ2v) is 5.65. The SMILES string of the molecule is CC/C=C(\N=NC(=NC)c1ccc(C(=O)NCCC)cn1)c1ccccn1. The molecule has 0 aliphatic carbocycles. The summed E-state index contributed by atoms with van der Waals surface area (Å²) < 4.78 is 0. The van der Waals surface area contributed by atoms with Gasteiger partial charge in [-0.15, -0.1) is 10.2 Å². The largest absolute Gasteiger partial charge is 0.352 e. The van der Waals surface area contributed by atoms with Gasteiger partial charge in [0.1, 0.15) is 11.4 Å². The van der Waals surface area contributed by atoms with Crippen molar-refractivity contribution in [1.29, 1.82) is 0 Å². The Labute approximate surface area is 159 Å². The Morgan fingerprint density at radius 1 is 1.11 bits per heavy atom. The summed E-state index contributed by atoms with van der Waals surface area (Å²) in [4.78, 5) is 24.7. The Hall–Kier alpha value is -3.22. The lowest BCUT2D eigenvalue weighted by Gasteiger charge is -2.04. The number of rotatable bonds is 7. The van der Waals surface area contributed by atoms with E-state index in [1.807, 2.05) is 38.1 Å². The molecule has 7 heteroatoms. The van der Waals surface area contributed by atoms with Gasteiger partial charge in [0.25, 0.3) is 5.91 Å². The lowest BCUT2D eigenvalue weighted by atomic mass is 10.2. The molecule has 0 aliphatic rings. The Bertz CT molecular complexity index is 825. The average Bonchev–Trinajstić information content (AvgIpc) is 2.72. The zero-order valence-electron chi connectivity index (χ0n) is 15.9. The molecule has 140 valence electrons. The first-order valence-electron chi connectivity index (χ1n) is 8.94. The predicted molar refractivity (Wildman–Crippen MR) is 107 cm³/mol. The monoisotopic (exact) mass is 364 g/mol. The molecule has 0 saturated heterocycles. The van der Waals surface area contributed by atoms with E-state index in [0.29, 0.717) is 29.3 Å². The Kier molecular flexibility index (Phi) is 7.96. The summed E-state index contributed by atoms with van der Waals surface area (Å²) in [7, 11) is 1.63. The fourth-order valence-corrected chi connectivity index (χ4v) is 2.22. The third-order valence-electron chi connectivity index (χ3n) is 3.58. The lowest BCUT2D eigenvalue weighted by Crippen LogP contribution is -2.24. The van der Waals surface area contributed by atoms with E-state index in [2.05, 4.69) is 30.5 Å². The van der Waals surface area contributed by atoms with Crippen molar-refractivity contribution in [2.24, 2.45) is 15.2 Å². The normalized spacial score (nSPS) is 12.4. The molecule has 0 aromatic carbocycles. The standard InChI is InChI=1S/C20H24N6O/c1-4-8-17(16-9-6-7-13-22-16)25-26-19(21-3)18-11-10-15(14-24-18)20(27)23-12-5-2/h6-11,13-14H,4-5,12H2,1-3H3,(H,23,27)/b17-8-,21-19?,26-25?. The van der Waals surface area contributed by atoms with Crippen LogP contribution in [-0.2, 0) is 0 Å². The van der Waals surface area contributed by atoms with Gasteiger partial charge in [0.05, 0.1) is 11.3 Å². The van der Waals surface area contributed by atoms with Gasteiger partial charge in [-0.3, -0.25) is 19.8 Å². The molecule has 2 aromatic heterocycles. The first-order chi connectivity index (χ1) is 13.2. The number of carbonyl (C=O) groups excluding carboxylic acids is 1. The third kappa shape index (κ3) is 5.91. The van der Waals surface area contributed by atoms with E-state index in [9.17, 15) is 4.79 Å². The van der Waals surface area contributed by atoms with Gasteiger partial charge in [-0.25, -0.2) is 0 Å². The van der Waals surface area contributed by atoms with E-state index < -0.39 is 0 Å². The van der Waals surface area contributed by atoms with Gasteiger partial charge >= 0.3 is 0 Å². The number of hydrogen-bond donors (Lipinski definition) is 1. The van der Waals surface area contributed by atoms with Gasteiger partial charge in [-0.2, -0.15) is 0 Å². The molecule has 2 rings (SSSR count). The van der Waals surface area contributed by atoms with Crippen molar-refractivity contribution >= 4 is 17.4 Å². The van der Waals surface area contributed by atoms with E-state index in [0.717, 1.165) is 18.5 Å². The highest BCUT2D eigenvalue weighted by atomic mass is 16.1. The molecule has 0 aliphatic heterocycles. The number of allylic oxidation sites excluding steroid dienone is 1. The lowest BCUT2D eigenvalue weighted by molar-refractivity contribution is 0.0953. The molecule has 1 N–H and O–H groups in total. The summed E-state index contributed by atoms with van der Waals surface area (Å²) in [6.45, 7) is 4.66. The smallest absolute Gasteiger partial charge is 0.252 e. The molecule has 0 saturated carbocycles. The zero-order valence-corrected chi connectivity index (χ0v) is 15.9. The topological polar surface area (TPSA) is 92.0 Å². The number of aliphatic imine (C=N–C) groups is 1. The number of hydrogen-bond acceptors (Lipinski definition) is 5. The van der Waals surface area contributed by atoms with Crippen LogP contribution in [0.2, 0.25) is 0 Å². The maximum Gasteiger partial charge on any atom is 0.252 e. The Balaban J connectivity index is 2.18. The van der Waals surface area contributed by atoms with E-state index in [1.54, 1.807) is 25.4 Å². The molecule has 0 radical (unpaired) electrons. The van der Waals surface area contributed by atoms with Gasteiger partial charge in [0.15, 0.2) is 5.84 Å². The van der Waals surface area contributed by atoms with Crippen molar-refractivity contribution in [3.63, 3.8) is 0 Å². The van der Waals surface area contributed by atoms with E-state index in [-0.39, 0.29) is 5.91 Å². The van der Waals surface area contributed by atoms with Crippen molar-refractivity contribution < 1.29 is 4.79 Å². The number of amidine groups is 1. The summed E-state index contributed by atoms with van der Waals surface area (Å²) in [5.41, 5.74) is 2.47. The summed E-state index contributed by atoms with van der Waals surface area (Å²) in [5.74, 6) is 0.240. The second kappa shape index (κ2) is 10.7. The number of nitrogens with one attached hydrogen (secondary N) is 1. The van der Waals surface area contributed by atoms with Gasteiger partial charge < -0.3 is 5.32 Å². The van der Waals surface area contributed by atoms with Crippen molar-refractivity contribution in [1.82, 2.24) is 15.3 Å². The minimum Gasteiger partial charge on any atom is -0.352 e. The van der Waals surface area contributed by atoms with Crippen molar-refractivity contribution in [2.75, 3.05) is 13.6 Å². The van der Waals surface area contributed by atoms with Crippen LogP contribution in [0.1, 0.15) is 48.4 Å². The highest BCUT2D eigenvalue weighted by molar-refractivity contribution is 5.99. The number of carbonyl (C=O) groups is 1. The van der Waals surface area contributed by atoms with Crippen LogP contribution >= 0.6 is 0 Å². The molecular weight excluding hydrogens is 340 g/mol. The molecule has 0 unspecified atom stereocenters. The van der Waals surface area contributed by atoms with Gasteiger partial charge in [-0.1, -0.05) is 26.0 Å². The van der Waals surface area contributed by atoms with E-state index >= 15 is 0 Å². The number of aromatic nitrogens is 2. The maximum atomic E-state index is 12.0. The summed E-state index contributed by atoms with van der Waals surface area (Å²) in [5, 5.41) is 11.4. The van der Waals surface area contributed by atoms with Crippen molar-refractivity contribution in [3.05, 3.63) is 65.8 Å². The summed E-state index contributed by atoms with van der Waals surface area (Å²) >= 11 is 0. The molecular formula is C20H24N6O. The van der Waals surface area contributed by atoms with Gasteiger partial charge in [0.2, 0.25) is 0 Å². The molecule has 27 heavy (non-hydrogen) atoms. The highest BCUT2D eigenvalue weighted by Crippen LogP contribution is 2.15. The molecule has 0 bridgehead atoms. The van der Waals surface area contributed by atoms with Crippen LogP contribution in [0, 0.1) is 0 Å².